The predicted molar refractivity (Wildman–Crippen MR) is 109 cm³/mol. The number of halogens is 2. The number of aliphatic hydroxyl groups excluding tert-OH is 1. The molecule has 2 heterocycles. The molecule has 3 rings (SSSR count). The van der Waals surface area contributed by atoms with Crippen LogP contribution in [0.1, 0.15) is 36.7 Å². The molecule has 1 aliphatic rings. The van der Waals surface area contributed by atoms with Crippen LogP contribution in [0.4, 0.5) is 11.6 Å². The number of nitrogens with one attached hydrogen (secondary N) is 1. The number of nitrogens with zero attached hydrogens (tertiary/aromatic N) is 3. The first-order valence-electron chi connectivity index (χ1n) is 8.58. The van der Waals surface area contributed by atoms with Crippen molar-refractivity contribution in [2.45, 2.75) is 31.9 Å². The van der Waals surface area contributed by atoms with Gasteiger partial charge in [0.25, 0.3) is 0 Å². The Morgan fingerprint density at radius 2 is 1.96 bits per heavy atom. The first-order chi connectivity index (χ1) is 12.7. The number of rotatable bonds is 4. The minimum absolute atomic E-state index is 0.00178. The van der Waals surface area contributed by atoms with Crippen LogP contribution in [0.15, 0.2) is 18.2 Å². The van der Waals surface area contributed by atoms with Crippen LogP contribution >= 0.6 is 23.2 Å². The molecule has 7 nitrogen and oxygen atoms in total. The summed E-state index contributed by atoms with van der Waals surface area (Å²) in [5.74, 6) is 0.628. The van der Waals surface area contributed by atoms with Crippen LogP contribution < -0.4 is 16.4 Å². The molecule has 0 amide bonds. The normalized spacial score (nSPS) is 16.4. The number of hydrogen-bond acceptors (Lipinski definition) is 7. The second-order valence-corrected chi connectivity index (χ2v) is 7.79. The van der Waals surface area contributed by atoms with E-state index < -0.39 is 0 Å². The van der Waals surface area contributed by atoms with Gasteiger partial charge in [-0.05, 0) is 25.8 Å². The molecule has 144 valence electrons. The van der Waals surface area contributed by atoms with E-state index in [-0.39, 0.29) is 34.4 Å². The molecule has 0 spiro atoms. The molecule has 27 heavy (non-hydrogen) atoms. The van der Waals surface area contributed by atoms with Crippen molar-refractivity contribution in [3.8, 4) is 0 Å². The number of benzene rings is 1. The Balaban J connectivity index is 1.97. The number of nitrogens with two attached hydrogens (primary N) is 2. The van der Waals surface area contributed by atoms with Crippen LogP contribution in [0.25, 0.3) is 0 Å². The number of aliphatic hydroxyl groups is 1. The summed E-state index contributed by atoms with van der Waals surface area (Å²) in [5, 5.41) is 18.8. The molecule has 1 aliphatic heterocycles. The zero-order valence-electron chi connectivity index (χ0n) is 15.0. The molecule has 1 aromatic carbocycles. The first kappa shape index (κ1) is 19.8. The monoisotopic (exact) mass is 408 g/mol. The van der Waals surface area contributed by atoms with Crippen LogP contribution in [0.5, 0.6) is 0 Å². The topological polar surface area (TPSA) is 125 Å². The number of aromatic nitrogens is 2. The standard InChI is InChI=1S/C18H22Cl2N6O/c1-18(23)5-7-26(8-6-18)17-12(9-27)24-15(16(22)25-17)14(21)10-3-2-4-11(19)13(10)20/h2-4,21,27H,5-9,23H2,1H3,(H2,22,25). The van der Waals surface area contributed by atoms with E-state index in [1.54, 1.807) is 18.2 Å². The molecule has 1 aromatic heterocycles. The van der Waals surface area contributed by atoms with Gasteiger partial charge in [0.2, 0.25) is 0 Å². The molecule has 6 N–H and O–H groups in total. The molecular formula is C18H22Cl2N6O. The van der Waals surface area contributed by atoms with Crippen LogP contribution in [0, 0.1) is 5.41 Å². The Hall–Kier alpha value is -1.93. The van der Waals surface area contributed by atoms with Gasteiger partial charge in [0.05, 0.1) is 22.4 Å². The Labute approximate surface area is 167 Å². The van der Waals surface area contributed by atoms with Crippen LogP contribution in [0.3, 0.4) is 0 Å². The average Bonchev–Trinajstić information content (AvgIpc) is 2.63. The fourth-order valence-corrected chi connectivity index (χ4v) is 3.47. The van der Waals surface area contributed by atoms with Gasteiger partial charge in [-0.3, -0.25) is 5.41 Å². The van der Waals surface area contributed by atoms with Gasteiger partial charge in [0.15, 0.2) is 11.6 Å². The highest BCUT2D eigenvalue weighted by atomic mass is 35.5. The summed E-state index contributed by atoms with van der Waals surface area (Å²) in [5.41, 5.74) is 13.0. The van der Waals surface area contributed by atoms with Crippen LogP contribution in [0.2, 0.25) is 10.0 Å². The molecule has 0 radical (unpaired) electrons. The maximum atomic E-state index is 9.81. The van der Waals surface area contributed by atoms with Gasteiger partial charge in [-0.15, -0.1) is 0 Å². The van der Waals surface area contributed by atoms with Crippen molar-refractivity contribution in [1.82, 2.24) is 9.97 Å². The van der Waals surface area contributed by atoms with Gasteiger partial charge in [-0.25, -0.2) is 9.97 Å². The molecule has 9 heteroatoms. The molecular weight excluding hydrogens is 387 g/mol. The molecule has 0 unspecified atom stereocenters. The lowest BCUT2D eigenvalue weighted by atomic mass is 9.91. The largest absolute Gasteiger partial charge is 0.390 e. The van der Waals surface area contributed by atoms with Crippen molar-refractivity contribution in [2.24, 2.45) is 5.73 Å². The maximum Gasteiger partial charge on any atom is 0.155 e. The van der Waals surface area contributed by atoms with E-state index in [2.05, 4.69) is 9.97 Å². The minimum Gasteiger partial charge on any atom is -0.390 e. The predicted octanol–water partition coefficient (Wildman–Crippen LogP) is 2.59. The van der Waals surface area contributed by atoms with E-state index in [1.807, 2.05) is 11.8 Å². The zero-order chi connectivity index (χ0) is 19.8. The molecule has 0 bridgehead atoms. The number of anilines is 2. The summed E-state index contributed by atoms with van der Waals surface area (Å²) < 4.78 is 0. The van der Waals surface area contributed by atoms with Gasteiger partial charge in [-0.2, -0.15) is 0 Å². The second kappa shape index (κ2) is 7.59. The molecule has 0 atom stereocenters. The van der Waals surface area contributed by atoms with Crippen LogP contribution in [-0.2, 0) is 6.61 Å². The second-order valence-electron chi connectivity index (χ2n) is 7.00. The van der Waals surface area contributed by atoms with Gasteiger partial charge in [0.1, 0.15) is 11.4 Å². The molecule has 1 fully saturated rings. The van der Waals surface area contributed by atoms with E-state index in [9.17, 15) is 5.11 Å². The quantitative estimate of drug-likeness (QED) is 0.576. The van der Waals surface area contributed by atoms with Gasteiger partial charge in [0, 0.05) is 24.2 Å². The summed E-state index contributed by atoms with van der Waals surface area (Å²) in [6.45, 7) is 3.11. The van der Waals surface area contributed by atoms with E-state index >= 15 is 0 Å². The van der Waals surface area contributed by atoms with Crippen molar-refractivity contribution in [3.63, 3.8) is 0 Å². The first-order valence-corrected chi connectivity index (χ1v) is 9.33. The van der Waals surface area contributed by atoms with Gasteiger partial charge < -0.3 is 21.5 Å². The van der Waals surface area contributed by atoms with Gasteiger partial charge >= 0.3 is 0 Å². The molecule has 0 saturated carbocycles. The SMILES string of the molecule is CC1(N)CCN(c2nc(N)c(C(=N)c3cccc(Cl)c3Cl)nc2CO)CC1. The van der Waals surface area contributed by atoms with Crippen molar-refractivity contribution in [1.29, 1.82) is 5.41 Å². The smallest absolute Gasteiger partial charge is 0.155 e. The third kappa shape index (κ3) is 4.01. The Morgan fingerprint density at radius 3 is 2.59 bits per heavy atom. The summed E-state index contributed by atoms with van der Waals surface area (Å²) in [7, 11) is 0. The molecule has 2 aromatic rings. The Morgan fingerprint density at radius 1 is 1.30 bits per heavy atom. The third-order valence-corrected chi connectivity index (χ3v) is 5.61. The van der Waals surface area contributed by atoms with E-state index in [0.29, 0.717) is 35.2 Å². The average molecular weight is 409 g/mol. The van der Waals surface area contributed by atoms with Crippen LogP contribution in [-0.4, -0.2) is 39.4 Å². The van der Waals surface area contributed by atoms with Crippen molar-refractivity contribution < 1.29 is 5.11 Å². The lowest BCUT2D eigenvalue weighted by molar-refractivity contribution is 0.275. The van der Waals surface area contributed by atoms with Crippen molar-refractivity contribution in [2.75, 3.05) is 23.7 Å². The van der Waals surface area contributed by atoms with E-state index in [4.69, 9.17) is 40.1 Å². The highest BCUT2D eigenvalue weighted by Gasteiger charge is 2.29. The van der Waals surface area contributed by atoms with Crippen molar-refractivity contribution >= 4 is 40.5 Å². The summed E-state index contributed by atoms with van der Waals surface area (Å²) in [4.78, 5) is 10.9. The highest BCUT2D eigenvalue weighted by molar-refractivity contribution is 6.44. The maximum absolute atomic E-state index is 9.81. The minimum atomic E-state index is -0.317. The lowest BCUT2D eigenvalue weighted by Crippen LogP contribution is -2.48. The van der Waals surface area contributed by atoms with E-state index in [0.717, 1.165) is 12.8 Å². The fraction of sp³-hybridized carbons (Fsp3) is 0.389. The third-order valence-electron chi connectivity index (χ3n) is 4.79. The zero-order valence-corrected chi connectivity index (χ0v) is 16.5. The fourth-order valence-electron chi connectivity index (χ4n) is 3.07. The summed E-state index contributed by atoms with van der Waals surface area (Å²) >= 11 is 12.3. The summed E-state index contributed by atoms with van der Waals surface area (Å²) in [6.07, 6.45) is 1.60. The molecule has 0 aliphatic carbocycles. The number of hydrogen-bond donors (Lipinski definition) is 4. The lowest BCUT2D eigenvalue weighted by Gasteiger charge is -2.37. The number of piperidine rings is 1. The highest BCUT2D eigenvalue weighted by Crippen LogP contribution is 2.30. The van der Waals surface area contributed by atoms with E-state index in [1.165, 1.54) is 0 Å². The number of nitrogen functional groups attached to an aromatic ring is 1. The Bertz CT molecular complexity index is 876. The van der Waals surface area contributed by atoms with Gasteiger partial charge in [-0.1, -0.05) is 35.3 Å². The Kier molecular flexibility index (Phi) is 5.58. The van der Waals surface area contributed by atoms with Crippen molar-refractivity contribution in [3.05, 3.63) is 45.2 Å². The summed E-state index contributed by atoms with van der Waals surface area (Å²) in [6, 6.07) is 5.00. The molecule has 1 saturated heterocycles.